The molecule has 0 aromatic heterocycles. The zero-order chi connectivity index (χ0) is 10.6. The molecule has 74 valence electrons. The topological polar surface area (TPSA) is 70.0 Å². The summed E-state index contributed by atoms with van der Waals surface area (Å²) in [6.45, 7) is 0. The molecule has 0 atom stereocenters. The molecule has 14 heavy (non-hydrogen) atoms. The number of rotatable bonds is 3. The van der Waals surface area contributed by atoms with Gasteiger partial charge >= 0.3 is 0 Å². The van der Waals surface area contributed by atoms with Crippen LogP contribution in [0.4, 0.5) is 5.69 Å². The predicted molar refractivity (Wildman–Crippen MR) is 62.2 cm³/mol. The van der Waals surface area contributed by atoms with E-state index in [4.69, 9.17) is 5.26 Å². The van der Waals surface area contributed by atoms with Gasteiger partial charge in [-0.2, -0.15) is 5.26 Å². The van der Waals surface area contributed by atoms with Gasteiger partial charge in [0.05, 0.1) is 6.07 Å². The van der Waals surface area contributed by atoms with E-state index in [-0.39, 0.29) is 0 Å². The van der Waals surface area contributed by atoms with Crippen LogP contribution in [0, 0.1) is 14.9 Å². The lowest BCUT2D eigenvalue weighted by Gasteiger charge is -2.04. The molecule has 0 aliphatic carbocycles. The van der Waals surface area contributed by atoms with Crippen molar-refractivity contribution in [1.29, 1.82) is 5.26 Å². The van der Waals surface area contributed by atoms with Crippen molar-refractivity contribution in [1.82, 2.24) is 0 Å². The Morgan fingerprint density at radius 3 is 2.79 bits per heavy atom. The van der Waals surface area contributed by atoms with Crippen molar-refractivity contribution in [2.75, 3.05) is 10.5 Å². The first-order chi connectivity index (χ1) is 6.53. The van der Waals surface area contributed by atoms with Crippen LogP contribution in [-0.4, -0.2) is 14.2 Å². The molecule has 0 spiro atoms. The van der Waals surface area contributed by atoms with Crippen molar-refractivity contribution < 1.29 is 8.42 Å². The Morgan fingerprint density at radius 1 is 1.50 bits per heavy atom. The zero-order valence-electron chi connectivity index (χ0n) is 7.07. The van der Waals surface area contributed by atoms with Crippen LogP contribution in [0.2, 0.25) is 0 Å². The minimum absolute atomic E-state index is 0.479. The molecule has 4 nitrogen and oxygen atoms in total. The zero-order valence-corrected chi connectivity index (χ0v) is 10.0. The van der Waals surface area contributed by atoms with Crippen molar-refractivity contribution >= 4 is 38.3 Å². The van der Waals surface area contributed by atoms with Crippen LogP contribution < -0.4 is 4.72 Å². The number of anilines is 1. The summed E-state index contributed by atoms with van der Waals surface area (Å²) >= 11 is 2.08. The molecule has 0 saturated carbocycles. The van der Waals surface area contributed by atoms with Crippen molar-refractivity contribution in [2.45, 2.75) is 0 Å². The molecule has 0 aliphatic heterocycles. The molecule has 0 bridgehead atoms. The van der Waals surface area contributed by atoms with Gasteiger partial charge in [0.1, 0.15) is 0 Å². The Kier molecular flexibility index (Phi) is 3.71. The predicted octanol–water partition coefficient (Wildman–Crippen LogP) is 1.56. The summed E-state index contributed by atoms with van der Waals surface area (Å²) in [5.74, 6) is -0.529. The van der Waals surface area contributed by atoms with E-state index in [1.54, 1.807) is 24.3 Å². The molecule has 0 fully saturated rings. The summed E-state index contributed by atoms with van der Waals surface area (Å²) in [5.41, 5.74) is 0.479. The Hall–Kier alpha value is -0.810. The fourth-order valence-corrected chi connectivity index (χ4v) is 2.12. The highest BCUT2D eigenvalue weighted by molar-refractivity contribution is 14.1. The Morgan fingerprint density at radius 2 is 2.21 bits per heavy atom. The number of halogens is 1. The third-order valence-corrected chi connectivity index (χ3v) is 3.08. The smallest absolute Gasteiger partial charge is 0.246 e. The third kappa shape index (κ3) is 3.51. The average Bonchev–Trinajstić information content (AvgIpc) is 2.02. The van der Waals surface area contributed by atoms with Gasteiger partial charge in [0, 0.05) is 9.26 Å². The Labute approximate surface area is 96.1 Å². The first-order valence-electron chi connectivity index (χ1n) is 3.66. The van der Waals surface area contributed by atoms with Gasteiger partial charge in [-0.25, -0.2) is 8.42 Å². The highest BCUT2D eigenvalue weighted by atomic mass is 127. The fraction of sp³-hybridized carbons (Fsp3) is 0.125. The average molecular weight is 322 g/mol. The second-order valence-corrected chi connectivity index (χ2v) is 5.50. The minimum atomic E-state index is -3.52. The van der Waals surface area contributed by atoms with Crippen molar-refractivity contribution in [2.24, 2.45) is 0 Å². The van der Waals surface area contributed by atoms with E-state index >= 15 is 0 Å². The molecule has 1 rings (SSSR count). The maximum atomic E-state index is 11.2. The van der Waals surface area contributed by atoms with Crippen LogP contribution in [0.15, 0.2) is 24.3 Å². The number of hydrogen-bond donors (Lipinski definition) is 1. The lowest BCUT2D eigenvalue weighted by molar-refractivity contribution is 0.604. The molecule has 1 aromatic rings. The van der Waals surface area contributed by atoms with Crippen molar-refractivity contribution in [3.05, 3.63) is 27.8 Å². The van der Waals surface area contributed by atoms with E-state index in [9.17, 15) is 8.42 Å². The van der Waals surface area contributed by atoms with Gasteiger partial charge in [-0.1, -0.05) is 6.07 Å². The number of sulfonamides is 1. The summed E-state index contributed by atoms with van der Waals surface area (Å²) in [6.07, 6.45) is 0. The van der Waals surface area contributed by atoms with Crippen molar-refractivity contribution in [3.63, 3.8) is 0 Å². The number of hydrogen-bond acceptors (Lipinski definition) is 3. The second-order valence-electron chi connectivity index (χ2n) is 2.53. The van der Waals surface area contributed by atoms with Gasteiger partial charge in [-0.05, 0) is 40.8 Å². The molecule has 0 saturated heterocycles. The third-order valence-electron chi connectivity index (χ3n) is 1.35. The number of nitrogens with zero attached hydrogens (tertiary/aromatic N) is 1. The molecule has 0 radical (unpaired) electrons. The maximum absolute atomic E-state index is 11.2. The monoisotopic (exact) mass is 322 g/mol. The quantitative estimate of drug-likeness (QED) is 0.859. The van der Waals surface area contributed by atoms with Gasteiger partial charge in [-0.3, -0.25) is 4.72 Å². The summed E-state index contributed by atoms with van der Waals surface area (Å²) in [7, 11) is -3.52. The lowest BCUT2D eigenvalue weighted by atomic mass is 10.3. The summed E-state index contributed by atoms with van der Waals surface area (Å²) in [4.78, 5) is 0. The van der Waals surface area contributed by atoms with Gasteiger partial charge in [0.2, 0.25) is 10.0 Å². The van der Waals surface area contributed by atoms with E-state index < -0.39 is 15.8 Å². The first kappa shape index (κ1) is 11.3. The van der Waals surface area contributed by atoms with Gasteiger partial charge in [-0.15, -0.1) is 0 Å². The Bertz CT molecular complexity index is 464. The molecule has 6 heteroatoms. The number of nitriles is 1. The normalized spacial score (nSPS) is 10.6. The Balaban J connectivity index is 2.85. The first-order valence-corrected chi connectivity index (χ1v) is 6.39. The van der Waals surface area contributed by atoms with Gasteiger partial charge < -0.3 is 0 Å². The van der Waals surface area contributed by atoms with E-state index in [2.05, 4.69) is 27.3 Å². The molecule has 0 aliphatic rings. The molecule has 1 aromatic carbocycles. The molecule has 0 heterocycles. The number of nitrogens with one attached hydrogen (secondary N) is 1. The van der Waals surface area contributed by atoms with E-state index in [1.165, 1.54) is 0 Å². The SMILES string of the molecule is N#CCS(=O)(=O)Nc1cccc(I)c1. The summed E-state index contributed by atoms with van der Waals surface area (Å²) < 4.78 is 25.6. The van der Waals surface area contributed by atoms with Gasteiger partial charge in [0.15, 0.2) is 5.75 Å². The second kappa shape index (κ2) is 4.61. The standard InChI is InChI=1S/C8H7IN2O2S/c9-7-2-1-3-8(6-7)11-14(12,13)5-4-10/h1-3,6,11H,5H2. The molecule has 0 unspecified atom stereocenters. The number of benzene rings is 1. The van der Waals surface area contributed by atoms with Crippen molar-refractivity contribution in [3.8, 4) is 6.07 Å². The van der Waals surface area contributed by atoms with Crippen LogP contribution in [0.1, 0.15) is 0 Å². The lowest BCUT2D eigenvalue weighted by Crippen LogP contribution is -2.15. The van der Waals surface area contributed by atoms with Gasteiger partial charge in [0.25, 0.3) is 0 Å². The van der Waals surface area contributed by atoms with Crippen LogP contribution in [0.3, 0.4) is 0 Å². The van der Waals surface area contributed by atoms with Crippen LogP contribution >= 0.6 is 22.6 Å². The summed E-state index contributed by atoms with van der Waals surface area (Å²) in [5, 5.41) is 8.26. The van der Waals surface area contributed by atoms with Crippen LogP contribution in [0.25, 0.3) is 0 Å². The summed E-state index contributed by atoms with van der Waals surface area (Å²) in [6, 6.07) is 8.51. The largest absolute Gasteiger partial charge is 0.283 e. The highest BCUT2D eigenvalue weighted by Gasteiger charge is 2.08. The fourth-order valence-electron chi connectivity index (χ4n) is 0.853. The molecule has 1 N–H and O–H groups in total. The maximum Gasteiger partial charge on any atom is 0.246 e. The van der Waals surface area contributed by atoms with Crippen LogP contribution in [0.5, 0.6) is 0 Å². The molecular formula is C8H7IN2O2S. The van der Waals surface area contributed by atoms with E-state index in [0.717, 1.165) is 3.57 Å². The minimum Gasteiger partial charge on any atom is -0.283 e. The molecular weight excluding hydrogens is 315 g/mol. The highest BCUT2D eigenvalue weighted by Crippen LogP contribution is 2.13. The van der Waals surface area contributed by atoms with Crippen LogP contribution in [-0.2, 0) is 10.0 Å². The molecule has 0 amide bonds. The van der Waals surface area contributed by atoms with E-state index in [1.807, 2.05) is 6.07 Å². The van der Waals surface area contributed by atoms with E-state index in [0.29, 0.717) is 5.69 Å².